The topological polar surface area (TPSA) is 84.2 Å². The number of hydrogen-bond acceptors (Lipinski definition) is 3. The molecule has 6 nitrogen and oxygen atoms in total. The number of aromatic nitrogens is 2. The predicted molar refractivity (Wildman–Crippen MR) is 77.0 cm³/mol. The first-order chi connectivity index (χ1) is 9.97. The number of benzene rings is 1. The lowest BCUT2D eigenvalue weighted by Crippen LogP contribution is -2.42. The Balaban J connectivity index is 2.11. The van der Waals surface area contributed by atoms with Gasteiger partial charge in [-0.15, -0.1) is 0 Å². The van der Waals surface area contributed by atoms with Crippen LogP contribution in [0.2, 0.25) is 0 Å². The minimum atomic E-state index is -1.06. The van der Waals surface area contributed by atoms with E-state index in [1.807, 2.05) is 30.3 Å². The van der Waals surface area contributed by atoms with E-state index in [2.05, 4.69) is 10.4 Å². The summed E-state index contributed by atoms with van der Waals surface area (Å²) in [4.78, 5) is 23.5. The maximum Gasteiger partial charge on any atom is 0.326 e. The Bertz CT molecular complexity index is 649. The molecule has 1 unspecified atom stereocenters. The van der Waals surface area contributed by atoms with Crippen molar-refractivity contribution in [2.75, 3.05) is 0 Å². The van der Waals surface area contributed by atoms with E-state index in [1.165, 1.54) is 4.68 Å². The molecule has 0 fully saturated rings. The first-order valence-corrected chi connectivity index (χ1v) is 6.55. The van der Waals surface area contributed by atoms with E-state index in [-0.39, 0.29) is 6.42 Å². The van der Waals surface area contributed by atoms with E-state index in [0.717, 1.165) is 5.56 Å². The number of carboxylic acids is 1. The first kappa shape index (κ1) is 14.8. The number of carbonyl (C=O) groups is 2. The molecular weight excluding hydrogens is 270 g/mol. The van der Waals surface area contributed by atoms with Gasteiger partial charge in [0, 0.05) is 19.7 Å². The molecular formula is C15H17N3O3. The van der Waals surface area contributed by atoms with E-state index in [9.17, 15) is 14.7 Å². The van der Waals surface area contributed by atoms with Crippen molar-refractivity contribution in [3.63, 3.8) is 0 Å². The molecule has 2 aromatic rings. The van der Waals surface area contributed by atoms with E-state index in [1.54, 1.807) is 20.2 Å². The fourth-order valence-electron chi connectivity index (χ4n) is 2.11. The highest BCUT2D eigenvalue weighted by atomic mass is 16.4. The highest BCUT2D eigenvalue weighted by Crippen LogP contribution is 2.07. The highest BCUT2D eigenvalue weighted by molar-refractivity contribution is 5.97. The number of amides is 1. The molecule has 2 rings (SSSR count). The standard InChI is InChI=1S/C15H17N3O3/c1-10-12(9-18(2)17-10)14(19)16-13(15(20)21)8-11-6-4-3-5-7-11/h3-7,9,13H,8H2,1-2H3,(H,16,19)(H,20,21). The Labute approximate surface area is 122 Å². The fraction of sp³-hybridized carbons (Fsp3) is 0.267. The van der Waals surface area contributed by atoms with Crippen molar-refractivity contribution in [2.24, 2.45) is 7.05 Å². The second-order valence-electron chi connectivity index (χ2n) is 4.86. The summed E-state index contributed by atoms with van der Waals surface area (Å²) in [7, 11) is 1.71. The summed E-state index contributed by atoms with van der Waals surface area (Å²) >= 11 is 0. The summed E-state index contributed by atoms with van der Waals surface area (Å²) < 4.78 is 1.53. The van der Waals surface area contributed by atoms with Crippen LogP contribution >= 0.6 is 0 Å². The number of aryl methyl sites for hydroxylation is 2. The number of rotatable bonds is 5. The van der Waals surface area contributed by atoms with Gasteiger partial charge in [0.25, 0.3) is 5.91 Å². The van der Waals surface area contributed by atoms with Crippen LogP contribution in [-0.4, -0.2) is 32.8 Å². The molecule has 0 aliphatic heterocycles. The zero-order chi connectivity index (χ0) is 15.4. The Morgan fingerprint density at radius 2 is 2.00 bits per heavy atom. The molecule has 1 aromatic carbocycles. The number of nitrogens with zero attached hydrogens (tertiary/aromatic N) is 2. The van der Waals surface area contributed by atoms with Gasteiger partial charge in [0.05, 0.1) is 11.3 Å². The summed E-state index contributed by atoms with van der Waals surface area (Å²) in [6.07, 6.45) is 1.81. The van der Waals surface area contributed by atoms with E-state index >= 15 is 0 Å². The highest BCUT2D eigenvalue weighted by Gasteiger charge is 2.22. The van der Waals surface area contributed by atoms with Gasteiger partial charge >= 0.3 is 5.97 Å². The van der Waals surface area contributed by atoms with Crippen molar-refractivity contribution < 1.29 is 14.7 Å². The van der Waals surface area contributed by atoms with Gasteiger partial charge in [-0.2, -0.15) is 5.10 Å². The van der Waals surface area contributed by atoms with Gasteiger partial charge in [0.15, 0.2) is 0 Å². The Morgan fingerprint density at radius 1 is 1.33 bits per heavy atom. The molecule has 1 aromatic heterocycles. The Hall–Kier alpha value is -2.63. The zero-order valence-corrected chi connectivity index (χ0v) is 11.9. The third-order valence-corrected chi connectivity index (χ3v) is 3.14. The molecule has 0 bridgehead atoms. The van der Waals surface area contributed by atoms with Crippen LogP contribution in [-0.2, 0) is 18.3 Å². The molecule has 21 heavy (non-hydrogen) atoms. The minimum absolute atomic E-state index is 0.237. The molecule has 1 heterocycles. The largest absolute Gasteiger partial charge is 0.480 e. The van der Waals surface area contributed by atoms with Crippen molar-refractivity contribution >= 4 is 11.9 Å². The quantitative estimate of drug-likeness (QED) is 0.864. The van der Waals surface area contributed by atoms with Gasteiger partial charge in [0.2, 0.25) is 0 Å². The molecule has 6 heteroatoms. The summed E-state index contributed by atoms with van der Waals surface area (Å²) in [5.74, 6) is -1.49. The van der Waals surface area contributed by atoms with Gasteiger partial charge in [-0.3, -0.25) is 9.48 Å². The molecule has 1 amide bonds. The number of aliphatic carboxylic acids is 1. The van der Waals surface area contributed by atoms with Crippen molar-refractivity contribution in [3.8, 4) is 0 Å². The van der Waals surface area contributed by atoms with Gasteiger partial charge < -0.3 is 10.4 Å². The van der Waals surface area contributed by atoms with Crippen LogP contribution in [0.25, 0.3) is 0 Å². The molecule has 2 N–H and O–H groups in total. The molecule has 0 aliphatic rings. The summed E-state index contributed by atoms with van der Waals surface area (Å²) in [6.45, 7) is 1.71. The van der Waals surface area contributed by atoms with Gasteiger partial charge in [0.1, 0.15) is 6.04 Å². The van der Waals surface area contributed by atoms with Gasteiger partial charge in [-0.05, 0) is 12.5 Å². The minimum Gasteiger partial charge on any atom is -0.480 e. The van der Waals surface area contributed by atoms with Crippen LogP contribution in [0.15, 0.2) is 36.5 Å². The lowest BCUT2D eigenvalue weighted by Gasteiger charge is -2.14. The van der Waals surface area contributed by atoms with Crippen LogP contribution in [0.1, 0.15) is 21.6 Å². The molecule has 0 spiro atoms. The average Bonchev–Trinajstić information content (AvgIpc) is 2.78. The molecule has 0 saturated carbocycles. The molecule has 110 valence electrons. The van der Waals surface area contributed by atoms with Crippen molar-refractivity contribution in [2.45, 2.75) is 19.4 Å². The summed E-state index contributed by atoms with van der Waals surface area (Å²) in [5, 5.41) is 15.9. The lowest BCUT2D eigenvalue weighted by atomic mass is 10.1. The van der Waals surface area contributed by atoms with Gasteiger partial charge in [-0.25, -0.2) is 4.79 Å². The summed E-state index contributed by atoms with van der Waals surface area (Å²) in [6, 6.07) is 8.22. The van der Waals surface area contributed by atoms with Crippen LogP contribution in [0, 0.1) is 6.92 Å². The van der Waals surface area contributed by atoms with Crippen molar-refractivity contribution in [1.29, 1.82) is 0 Å². The van der Waals surface area contributed by atoms with Crippen molar-refractivity contribution in [3.05, 3.63) is 53.3 Å². The van der Waals surface area contributed by atoms with E-state index in [4.69, 9.17) is 0 Å². The SMILES string of the molecule is Cc1nn(C)cc1C(=O)NC(Cc1ccccc1)C(=O)O. The van der Waals surface area contributed by atoms with Gasteiger partial charge in [-0.1, -0.05) is 30.3 Å². The molecule has 0 radical (unpaired) electrons. The second-order valence-corrected chi connectivity index (χ2v) is 4.86. The van der Waals surface area contributed by atoms with E-state index in [0.29, 0.717) is 11.3 Å². The van der Waals surface area contributed by atoms with Crippen LogP contribution in [0.5, 0.6) is 0 Å². The van der Waals surface area contributed by atoms with Crippen molar-refractivity contribution in [1.82, 2.24) is 15.1 Å². The Morgan fingerprint density at radius 3 is 2.52 bits per heavy atom. The number of nitrogens with one attached hydrogen (secondary N) is 1. The second kappa shape index (κ2) is 6.21. The van der Waals surface area contributed by atoms with Crippen LogP contribution < -0.4 is 5.32 Å². The third kappa shape index (κ3) is 3.68. The normalized spacial score (nSPS) is 11.9. The zero-order valence-electron chi connectivity index (χ0n) is 11.9. The van der Waals surface area contributed by atoms with Crippen LogP contribution in [0.4, 0.5) is 0 Å². The molecule has 0 aliphatic carbocycles. The number of hydrogen-bond donors (Lipinski definition) is 2. The Kier molecular flexibility index (Phi) is 4.37. The van der Waals surface area contributed by atoms with E-state index < -0.39 is 17.9 Å². The summed E-state index contributed by atoms with van der Waals surface area (Å²) in [5.41, 5.74) is 1.81. The first-order valence-electron chi connectivity index (χ1n) is 6.55. The monoisotopic (exact) mass is 287 g/mol. The molecule has 1 atom stereocenters. The predicted octanol–water partition coefficient (Wildman–Crippen LogP) is 1.15. The molecule has 0 saturated heterocycles. The maximum atomic E-state index is 12.2. The number of carbonyl (C=O) groups excluding carboxylic acids is 1. The fourth-order valence-corrected chi connectivity index (χ4v) is 2.11. The smallest absolute Gasteiger partial charge is 0.326 e. The average molecular weight is 287 g/mol. The number of carboxylic acid groups (broad SMARTS) is 1. The lowest BCUT2D eigenvalue weighted by molar-refractivity contribution is -0.139. The third-order valence-electron chi connectivity index (χ3n) is 3.14. The maximum absolute atomic E-state index is 12.2. The van der Waals surface area contributed by atoms with Crippen LogP contribution in [0.3, 0.4) is 0 Å².